The predicted molar refractivity (Wildman–Crippen MR) is 92.0 cm³/mol. The monoisotopic (exact) mass is 338 g/mol. The fourth-order valence-electron chi connectivity index (χ4n) is 2.85. The molecule has 23 heavy (non-hydrogen) atoms. The standard InChI is InChI=1S/C17H26N2O3S/c1-12(2)5-6-13(3)18-23(21,22)16-7-8-17-15(11-16)9-10-19(17)14(4)20/h7-8,11-13,18H,5-6,9-10H2,1-4H3. The zero-order valence-corrected chi connectivity index (χ0v) is 15.1. The van der Waals surface area contributed by atoms with Gasteiger partial charge in [-0.15, -0.1) is 0 Å². The van der Waals surface area contributed by atoms with Crippen molar-refractivity contribution < 1.29 is 13.2 Å². The molecular formula is C17H26N2O3S. The van der Waals surface area contributed by atoms with Crippen molar-refractivity contribution in [3.8, 4) is 0 Å². The molecule has 128 valence electrons. The fourth-order valence-corrected chi connectivity index (χ4v) is 4.18. The summed E-state index contributed by atoms with van der Waals surface area (Å²) in [6.45, 7) is 8.29. The first kappa shape index (κ1) is 17.9. The molecule has 0 saturated carbocycles. The van der Waals surface area contributed by atoms with E-state index in [1.54, 1.807) is 23.1 Å². The van der Waals surface area contributed by atoms with Gasteiger partial charge in [-0.3, -0.25) is 4.79 Å². The van der Waals surface area contributed by atoms with Crippen molar-refractivity contribution in [2.75, 3.05) is 11.4 Å². The van der Waals surface area contributed by atoms with E-state index in [1.165, 1.54) is 6.92 Å². The minimum Gasteiger partial charge on any atom is -0.312 e. The number of benzene rings is 1. The van der Waals surface area contributed by atoms with Gasteiger partial charge in [0.2, 0.25) is 15.9 Å². The van der Waals surface area contributed by atoms with Crippen molar-refractivity contribution in [2.45, 2.75) is 57.9 Å². The van der Waals surface area contributed by atoms with Gasteiger partial charge in [0.15, 0.2) is 0 Å². The van der Waals surface area contributed by atoms with E-state index in [0.717, 1.165) is 24.1 Å². The molecule has 1 unspecified atom stereocenters. The molecule has 2 rings (SSSR count). The molecule has 0 radical (unpaired) electrons. The molecule has 0 aliphatic carbocycles. The van der Waals surface area contributed by atoms with E-state index in [2.05, 4.69) is 18.6 Å². The summed E-state index contributed by atoms with van der Waals surface area (Å²) in [6, 6.07) is 4.91. The van der Waals surface area contributed by atoms with Crippen LogP contribution in [0.15, 0.2) is 23.1 Å². The van der Waals surface area contributed by atoms with Gasteiger partial charge in [0.1, 0.15) is 0 Å². The first-order valence-corrected chi connectivity index (χ1v) is 9.62. The zero-order valence-electron chi connectivity index (χ0n) is 14.3. The highest BCUT2D eigenvalue weighted by Gasteiger charge is 2.25. The molecule has 5 nitrogen and oxygen atoms in total. The molecule has 1 amide bonds. The van der Waals surface area contributed by atoms with Crippen molar-refractivity contribution in [3.05, 3.63) is 23.8 Å². The summed E-state index contributed by atoms with van der Waals surface area (Å²) in [7, 11) is -3.52. The van der Waals surface area contributed by atoms with Gasteiger partial charge in [-0.1, -0.05) is 13.8 Å². The Morgan fingerprint density at radius 1 is 1.26 bits per heavy atom. The van der Waals surface area contributed by atoms with Gasteiger partial charge in [0.25, 0.3) is 0 Å². The minimum absolute atomic E-state index is 0.0141. The molecule has 0 spiro atoms. The van der Waals surface area contributed by atoms with E-state index in [-0.39, 0.29) is 16.8 Å². The number of anilines is 1. The van der Waals surface area contributed by atoms with Crippen LogP contribution in [-0.4, -0.2) is 26.9 Å². The number of amides is 1. The second-order valence-corrected chi connectivity index (χ2v) is 8.42. The Morgan fingerprint density at radius 2 is 1.96 bits per heavy atom. The van der Waals surface area contributed by atoms with Crippen LogP contribution in [-0.2, 0) is 21.2 Å². The maximum absolute atomic E-state index is 12.5. The minimum atomic E-state index is -3.52. The van der Waals surface area contributed by atoms with Crippen LogP contribution in [0, 0.1) is 5.92 Å². The summed E-state index contributed by atoms with van der Waals surface area (Å²) in [4.78, 5) is 13.5. The number of hydrogen-bond acceptors (Lipinski definition) is 3. The van der Waals surface area contributed by atoms with E-state index in [1.807, 2.05) is 6.92 Å². The molecule has 1 atom stereocenters. The molecule has 6 heteroatoms. The molecule has 1 N–H and O–H groups in total. The van der Waals surface area contributed by atoms with Gasteiger partial charge in [-0.25, -0.2) is 13.1 Å². The Labute approximate surface area is 139 Å². The average molecular weight is 338 g/mol. The number of carbonyl (C=O) groups is 1. The lowest BCUT2D eigenvalue weighted by molar-refractivity contribution is -0.116. The van der Waals surface area contributed by atoms with Crippen LogP contribution in [0.2, 0.25) is 0 Å². The van der Waals surface area contributed by atoms with Gasteiger partial charge < -0.3 is 4.90 Å². The highest BCUT2D eigenvalue weighted by atomic mass is 32.2. The van der Waals surface area contributed by atoms with Crippen LogP contribution in [0.3, 0.4) is 0 Å². The quantitative estimate of drug-likeness (QED) is 0.867. The molecule has 1 aromatic rings. The number of nitrogens with zero attached hydrogens (tertiary/aromatic N) is 1. The maximum Gasteiger partial charge on any atom is 0.240 e. The zero-order chi connectivity index (χ0) is 17.2. The number of rotatable bonds is 6. The third-order valence-corrected chi connectivity index (χ3v) is 5.76. The first-order chi connectivity index (χ1) is 10.7. The Balaban J connectivity index is 2.14. The summed E-state index contributed by atoms with van der Waals surface area (Å²) < 4.78 is 27.8. The summed E-state index contributed by atoms with van der Waals surface area (Å²) >= 11 is 0. The molecule has 1 aromatic carbocycles. The smallest absolute Gasteiger partial charge is 0.240 e. The van der Waals surface area contributed by atoms with Crippen LogP contribution < -0.4 is 9.62 Å². The van der Waals surface area contributed by atoms with E-state index >= 15 is 0 Å². The summed E-state index contributed by atoms with van der Waals surface area (Å²) in [5.41, 5.74) is 1.74. The topological polar surface area (TPSA) is 66.5 Å². The van der Waals surface area contributed by atoms with Gasteiger partial charge in [0, 0.05) is 25.2 Å². The number of sulfonamides is 1. The van der Waals surface area contributed by atoms with Crippen LogP contribution in [0.5, 0.6) is 0 Å². The first-order valence-electron chi connectivity index (χ1n) is 8.14. The number of carbonyl (C=O) groups excluding carboxylic acids is 1. The van der Waals surface area contributed by atoms with Crippen molar-refractivity contribution >= 4 is 21.6 Å². The van der Waals surface area contributed by atoms with Crippen molar-refractivity contribution in [1.82, 2.24) is 4.72 Å². The van der Waals surface area contributed by atoms with Crippen LogP contribution in [0.4, 0.5) is 5.69 Å². The highest BCUT2D eigenvalue weighted by molar-refractivity contribution is 7.89. The lowest BCUT2D eigenvalue weighted by Gasteiger charge is -2.17. The largest absolute Gasteiger partial charge is 0.312 e. The molecule has 1 heterocycles. The molecule has 0 bridgehead atoms. The lowest BCUT2D eigenvalue weighted by atomic mass is 10.1. The molecule has 0 fully saturated rings. The molecular weight excluding hydrogens is 312 g/mol. The molecule has 1 aliphatic rings. The Hall–Kier alpha value is -1.40. The van der Waals surface area contributed by atoms with Crippen LogP contribution in [0.25, 0.3) is 0 Å². The summed E-state index contributed by atoms with van der Waals surface area (Å²) in [6.07, 6.45) is 2.50. The second-order valence-electron chi connectivity index (χ2n) is 6.70. The molecule has 1 aliphatic heterocycles. The van der Waals surface area contributed by atoms with Crippen LogP contribution >= 0.6 is 0 Å². The van der Waals surface area contributed by atoms with Gasteiger partial charge in [-0.2, -0.15) is 0 Å². The van der Waals surface area contributed by atoms with Gasteiger partial charge in [-0.05, 0) is 55.9 Å². The number of fused-ring (bicyclic) bond motifs is 1. The van der Waals surface area contributed by atoms with E-state index < -0.39 is 10.0 Å². The average Bonchev–Trinajstić information content (AvgIpc) is 2.87. The second kappa shape index (κ2) is 7.01. The third-order valence-electron chi connectivity index (χ3n) is 4.17. The Bertz CT molecular complexity index is 683. The number of hydrogen-bond donors (Lipinski definition) is 1. The van der Waals surface area contributed by atoms with E-state index in [0.29, 0.717) is 18.9 Å². The summed E-state index contributed by atoms with van der Waals surface area (Å²) in [5.74, 6) is 0.541. The van der Waals surface area contributed by atoms with Crippen molar-refractivity contribution in [2.24, 2.45) is 5.92 Å². The predicted octanol–water partition coefficient (Wildman–Crippen LogP) is 2.70. The highest BCUT2D eigenvalue weighted by Crippen LogP contribution is 2.30. The lowest BCUT2D eigenvalue weighted by Crippen LogP contribution is -2.32. The van der Waals surface area contributed by atoms with Gasteiger partial charge >= 0.3 is 0 Å². The molecule has 0 saturated heterocycles. The SMILES string of the molecule is CC(=O)N1CCc2cc(S(=O)(=O)NC(C)CCC(C)C)ccc21. The van der Waals surface area contributed by atoms with Crippen molar-refractivity contribution in [3.63, 3.8) is 0 Å². The number of nitrogens with one attached hydrogen (secondary N) is 1. The normalized spacial score (nSPS) is 15.8. The molecule has 0 aromatic heterocycles. The van der Waals surface area contributed by atoms with E-state index in [4.69, 9.17) is 0 Å². The van der Waals surface area contributed by atoms with E-state index in [9.17, 15) is 13.2 Å². The Morgan fingerprint density at radius 3 is 2.57 bits per heavy atom. The van der Waals surface area contributed by atoms with Gasteiger partial charge in [0.05, 0.1) is 4.90 Å². The fraction of sp³-hybridized carbons (Fsp3) is 0.588. The summed E-state index contributed by atoms with van der Waals surface area (Å²) in [5, 5.41) is 0. The maximum atomic E-state index is 12.5. The third kappa shape index (κ3) is 4.32. The Kier molecular flexibility index (Phi) is 5.47. The van der Waals surface area contributed by atoms with Crippen molar-refractivity contribution in [1.29, 1.82) is 0 Å². The van der Waals surface area contributed by atoms with Crippen LogP contribution in [0.1, 0.15) is 46.1 Å².